The highest BCUT2D eigenvalue weighted by Crippen LogP contribution is 2.31. The lowest BCUT2D eigenvalue weighted by molar-refractivity contribution is -0.144. The van der Waals surface area contributed by atoms with Crippen molar-refractivity contribution in [1.82, 2.24) is 39.6 Å². The summed E-state index contributed by atoms with van der Waals surface area (Å²) < 4.78 is 67.2. The average Bonchev–Trinajstić information content (AvgIpc) is 3.65. The Labute approximate surface area is 274 Å². The van der Waals surface area contributed by atoms with Crippen molar-refractivity contribution in [2.45, 2.75) is 56.3 Å². The molecule has 1 N–H and O–H groups in total. The van der Waals surface area contributed by atoms with E-state index in [1.54, 1.807) is 18.3 Å². The number of likely N-dealkylation sites (tertiary alicyclic amines) is 1. The number of pyridine rings is 2. The topological polar surface area (TPSA) is 107 Å². The molecule has 7 rings (SSSR count). The maximum Gasteiger partial charge on any atom is 0.451 e. The molecular weight excluding hydrogens is 656 g/mol. The van der Waals surface area contributed by atoms with Crippen molar-refractivity contribution >= 4 is 32.9 Å². The Morgan fingerprint density at radius 1 is 1.11 bits per heavy atom. The SMILES string of the molecule is Fc1cc(Cc2cccc(OC3CCN(Cc4nc5cc(-c6n[nH]c(C(F)(F)F)n6)ncc5n4C[C@]4([Si])CCO4)CC3)n2)ccc1Cl. The standard InChI is InChI=1S/C31H28ClF4N8O2Si/c32-21-5-4-18(13-22(21)33)12-19-2-1-3-27(38-19)46-20-6-9-43(10-7-20)16-26-39-23-14-24(28-40-29(42-41-28)31(34,35)36)37-15-25(23)44(26)17-30(47)8-11-45-30/h1-5,13-15,20H,6-12,16-17H2,(H,40,41,42)/t30-/m1/s1. The first-order valence-corrected chi connectivity index (χ1v) is 15.9. The molecule has 0 spiro atoms. The Morgan fingerprint density at radius 3 is 2.62 bits per heavy atom. The Kier molecular flexibility index (Phi) is 8.49. The number of ether oxygens (including phenoxy) is 2. The van der Waals surface area contributed by atoms with Gasteiger partial charge in [-0.15, -0.1) is 0 Å². The number of H-pyrrole nitrogens is 1. The Balaban J connectivity index is 1.03. The predicted molar refractivity (Wildman–Crippen MR) is 164 cm³/mol. The van der Waals surface area contributed by atoms with Crippen molar-refractivity contribution in [2.24, 2.45) is 0 Å². The quantitative estimate of drug-likeness (QED) is 0.164. The van der Waals surface area contributed by atoms with Gasteiger partial charge in [-0.05, 0) is 49.1 Å². The van der Waals surface area contributed by atoms with Gasteiger partial charge in [0.05, 0.1) is 44.3 Å². The van der Waals surface area contributed by atoms with Crippen LogP contribution < -0.4 is 4.74 Å². The van der Waals surface area contributed by atoms with Gasteiger partial charge in [0.2, 0.25) is 11.7 Å². The van der Waals surface area contributed by atoms with Crippen molar-refractivity contribution in [3.63, 3.8) is 0 Å². The molecule has 4 aromatic heterocycles. The lowest BCUT2D eigenvalue weighted by atomic mass is 10.1. The van der Waals surface area contributed by atoms with Crippen LogP contribution in [0, 0.1) is 5.82 Å². The summed E-state index contributed by atoms with van der Waals surface area (Å²) >= 11 is 5.81. The van der Waals surface area contributed by atoms with Crippen LogP contribution >= 0.6 is 11.6 Å². The molecule has 0 saturated carbocycles. The summed E-state index contributed by atoms with van der Waals surface area (Å²) in [4.78, 5) is 19.7. The van der Waals surface area contributed by atoms with Crippen LogP contribution in [0.4, 0.5) is 17.6 Å². The molecule has 1 aromatic carbocycles. The van der Waals surface area contributed by atoms with Crippen LogP contribution in [0.1, 0.15) is 42.2 Å². The van der Waals surface area contributed by atoms with Gasteiger partial charge in [0.1, 0.15) is 23.4 Å². The smallest absolute Gasteiger partial charge is 0.451 e. The van der Waals surface area contributed by atoms with Crippen molar-refractivity contribution in [3.05, 3.63) is 82.4 Å². The molecule has 0 aliphatic carbocycles. The number of benzene rings is 1. The minimum Gasteiger partial charge on any atom is -0.474 e. The molecule has 2 aliphatic rings. The van der Waals surface area contributed by atoms with Crippen molar-refractivity contribution in [1.29, 1.82) is 0 Å². The zero-order chi connectivity index (χ0) is 32.8. The number of hydrogen-bond donors (Lipinski definition) is 1. The van der Waals surface area contributed by atoms with Crippen LogP contribution in [0.15, 0.2) is 48.7 Å². The number of halogens is 5. The van der Waals surface area contributed by atoms with E-state index in [0.29, 0.717) is 37.5 Å². The van der Waals surface area contributed by atoms with Crippen LogP contribution in [0.25, 0.3) is 22.6 Å². The van der Waals surface area contributed by atoms with Gasteiger partial charge in [0.15, 0.2) is 5.82 Å². The Morgan fingerprint density at radius 2 is 1.91 bits per heavy atom. The fourth-order valence-electron chi connectivity index (χ4n) is 5.76. The van der Waals surface area contributed by atoms with E-state index in [0.717, 1.165) is 55.0 Å². The largest absolute Gasteiger partial charge is 0.474 e. The summed E-state index contributed by atoms with van der Waals surface area (Å²) in [6, 6.07) is 11.9. The highest BCUT2D eigenvalue weighted by Gasteiger charge is 2.37. The summed E-state index contributed by atoms with van der Waals surface area (Å²) in [6.07, 6.45) is -0.255. The molecule has 0 amide bonds. The summed E-state index contributed by atoms with van der Waals surface area (Å²) in [7, 11) is 3.76. The number of rotatable bonds is 9. The van der Waals surface area contributed by atoms with Gasteiger partial charge in [-0.2, -0.15) is 18.3 Å². The lowest BCUT2D eigenvalue weighted by Crippen LogP contribution is -2.48. The number of aromatic amines is 1. The molecule has 0 bridgehead atoms. The molecule has 0 unspecified atom stereocenters. The van der Waals surface area contributed by atoms with Crippen LogP contribution in [0.2, 0.25) is 5.02 Å². The zero-order valence-electron chi connectivity index (χ0n) is 24.9. The fourth-order valence-corrected chi connectivity index (χ4v) is 6.24. The Bertz CT molecular complexity index is 1910. The van der Waals surface area contributed by atoms with Gasteiger partial charge in [-0.25, -0.2) is 19.3 Å². The summed E-state index contributed by atoms with van der Waals surface area (Å²) in [5.41, 5.74) is 3.02. The number of aromatic nitrogens is 7. The van der Waals surface area contributed by atoms with Crippen LogP contribution in [-0.2, 0) is 30.4 Å². The van der Waals surface area contributed by atoms with E-state index in [2.05, 4.69) is 35.2 Å². The van der Waals surface area contributed by atoms with Gasteiger partial charge in [-0.1, -0.05) is 23.7 Å². The maximum absolute atomic E-state index is 13.9. The molecular formula is C31H28ClF4N8O2Si. The van der Waals surface area contributed by atoms with Crippen molar-refractivity contribution in [2.75, 3.05) is 19.7 Å². The normalized spacial score (nSPS) is 19.3. The number of imidazole rings is 1. The lowest BCUT2D eigenvalue weighted by Gasteiger charge is -2.39. The van der Waals surface area contributed by atoms with E-state index < -0.39 is 23.0 Å². The molecule has 5 aromatic rings. The molecule has 2 aliphatic heterocycles. The van der Waals surface area contributed by atoms with Gasteiger partial charge in [0, 0.05) is 44.4 Å². The van der Waals surface area contributed by atoms with E-state index in [-0.39, 0.29) is 22.6 Å². The molecule has 243 valence electrons. The summed E-state index contributed by atoms with van der Waals surface area (Å²) in [6.45, 7) is 3.19. The predicted octanol–water partition coefficient (Wildman–Crippen LogP) is 5.34. The van der Waals surface area contributed by atoms with E-state index in [1.165, 1.54) is 12.1 Å². The van der Waals surface area contributed by atoms with Crippen LogP contribution in [0.3, 0.4) is 0 Å². The third-order valence-corrected chi connectivity index (χ3v) is 9.19. The number of nitrogens with zero attached hydrogens (tertiary/aromatic N) is 7. The fraction of sp³-hybridized carbons (Fsp3) is 0.387. The average molecular weight is 684 g/mol. The molecule has 3 radical (unpaired) electrons. The first-order valence-electron chi connectivity index (χ1n) is 15.0. The highest BCUT2D eigenvalue weighted by molar-refractivity contribution is 6.30. The third kappa shape index (κ3) is 7.03. The number of piperidine rings is 1. The summed E-state index contributed by atoms with van der Waals surface area (Å²) in [5, 5.41) is 5.19. The molecule has 6 heterocycles. The highest BCUT2D eigenvalue weighted by atomic mass is 35.5. The molecule has 10 nitrogen and oxygen atoms in total. The molecule has 47 heavy (non-hydrogen) atoms. The minimum atomic E-state index is -4.64. The van der Waals surface area contributed by atoms with Crippen LogP contribution in [-0.4, -0.2) is 80.9 Å². The van der Waals surface area contributed by atoms with Crippen molar-refractivity contribution < 1.29 is 27.0 Å². The van der Waals surface area contributed by atoms with Gasteiger partial charge in [-0.3, -0.25) is 15.0 Å². The molecule has 2 saturated heterocycles. The second kappa shape index (κ2) is 12.6. The first kappa shape index (κ1) is 31.7. The van der Waals surface area contributed by atoms with E-state index in [1.807, 2.05) is 27.9 Å². The number of fused-ring (bicyclic) bond motifs is 1. The van der Waals surface area contributed by atoms with E-state index in [4.69, 9.17) is 26.1 Å². The minimum absolute atomic E-state index is 0.0237. The van der Waals surface area contributed by atoms with Crippen LogP contribution in [0.5, 0.6) is 5.88 Å². The maximum atomic E-state index is 13.9. The second-order valence-corrected chi connectivity index (χ2v) is 13.1. The van der Waals surface area contributed by atoms with E-state index >= 15 is 0 Å². The second-order valence-electron chi connectivity index (χ2n) is 11.8. The Hall–Kier alpha value is -3.92. The van der Waals surface area contributed by atoms with E-state index in [9.17, 15) is 17.6 Å². The number of alkyl halides is 3. The zero-order valence-corrected chi connectivity index (χ0v) is 26.7. The number of nitrogens with one attached hydrogen (secondary N) is 1. The first-order chi connectivity index (χ1) is 22.5. The molecule has 2 fully saturated rings. The van der Waals surface area contributed by atoms with Gasteiger partial charge in [0.25, 0.3) is 0 Å². The van der Waals surface area contributed by atoms with Gasteiger partial charge < -0.3 is 14.0 Å². The van der Waals surface area contributed by atoms with Crippen molar-refractivity contribution in [3.8, 4) is 17.4 Å². The molecule has 1 atom stereocenters. The monoisotopic (exact) mass is 683 g/mol. The summed E-state index contributed by atoms with van der Waals surface area (Å²) in [5.74, 6) is -0.496. The molecule has 16 heteroatoms. The van der Waals surface area contributed by atoms with Gasteiger partial charge >= 0.3 is 6.18 Å². The third-order valence-electron chi connectivity index (χ3n) is 8.33. The number of hydrogen-bond acceptors (Lipinski definition) is 8.